The maximum Gasteiger partial charge on any atom is 0.195 e. The summed E-state index contributed by atoms with van der Waals surface area (Å²) in [5.41, 5.74) is 11.7. The SMILES string of the molecule is CCc1cc2c(cc1N1CCC(N3CCCC3)CC1)C(C)(C)c1[nH]c3cc(C#C[Si](C)(C)C)ccc3c1C2=O. The molecule has 6 rings (SSSR count). The summed E-state index contributed by atoms with van der Waals surface area (Å²) in [7, 11) is -1.47. The van der Waals surface area contributed by atoms with Gasteiger partial charge in [-0.15, -0.1) is 5.54 Å². The summed E-state index contributed by atoms with van der Waals surface area (Å²) in [6.07, 6.45) is 6.12. The number of piperidine rings is 1. The van der Waals surface area contributed by atoms with Gasteiger partial charge < -0.3 is 14.8 Å². The van der Waals surface area contributed by atoms with Crippen molar-refractivity contribution in [3.05, 3.63) is 63.8 Å². The first-order valence-corrected chi connectivity index (χ1v) is 18.5. The monoisotopic (exact) mass is 537 g/mol. The predicted octanol–water partition coefficient (Wildman–Crippen LogP) is 6.89. The average molecular weight is 538 g/mol. The summed E-state index contributed by atoms with van der Waals surface area (Å²) in [6, 6.07) is 11.6. The number of carbonyl (C=O) groups is 1. The van der Waals surface area contributed by atoms with Crippen LogP contribution >= 0.6 is 0 Å². The fourth-order valence-corrected chi connectivity index (χ4v) is 7.52. The van der Waals surface area contributed by atoms with Crippen LogP contribution in [0.5, 0.6) is 0 Å². The Morgan fingerprint density at radius 3 is 2.41 bits per heavy atom. The van der Waals surface area contributed by atoms with Crippen LogP contribution < -0.4 is 4.90 Å². The summed E-state index contributed by atoms with van der Waals surface area (Å²) >= 11 is 0. The molecule has 0 atom stereocenters. The van der Waals surface area contributed by atoms with E-state index in [1.165, 1.54) is 50.0 Å². The Balaban J connectivity index is 1.37. The molecule has 1 aromatic heterocycles. The Hall–Kier alpha value is -2.81. The molecule has 2 fully saturated rings. The van der Waals surface area contributed by atoms with Gasteiger partial charge in [0, 0.05) is 58.0 Å². The van der Waals surface area contributed by atoms with Crippen LogP contribution in [-0.4, -0.2) is 56.0 Å². The number of ketones is 1. The number of nitrogens with zero attached hydrogens (tertiary/aromatic N) is 2. The van der Waals surface area contributed by atoms with Gasteiger partial charge in [0.25, 0.3) is 0 Å². The fourth-order valence-electron chi connectivity index (χ4n) is 7.00. The largest absolute Gasteiger partial charge is 0.371 e. The van der Waals surface area contributed by atoms with Gasteiger partial charge in [-0.2, -0.15) is 0 Å². The molecule has 0 saturated carbocycles. The molecular weight excluding hydrogens is 494 g/mol. The van der Waals surface area contributed by atoms with Crippen LogP contribution in [-0.2, 0) is 11.8 Å². The molecule has 0 spiro atoms. The molecule has 5 heteroatoms. The third kappa shape index (κ3) is 4.66. The second-order valence-corrected chi connectivity index (χ2v) is 18.2. The number of aromatic nitrogens is 1. The lowest BCUT2D eigenvalue weighted by Gasteiger charge is -2.40. The number of hydrogen-bond acceptors (Lipinski definition) is 3. The quantitative estimate of drug-likeness (QED) is 0.292. The number of H-pyrrole nitrogens is 1. The minimum absolute atomic E-state index is 0.153. The number of anilines is 1. The van der Waals surface area contributed by atoms with E-state index in [2.05, 4.69) is 97.0 Å². The number of nitrogens with one attached hydrogen (secondary N) is 1. The Morgan fingerprint density at radius 2 is 1.74 bits per heavy atom. The van der Waals surface area contributed by atoms with E-state index in [-0.39, 0.29) is 11.2 Å². The summed E-state index contributed by atoms with van der Waals surface area (Å²) in [5, 5.41) is 1.01. The van der Waals surface area contributed by atoms with Crippen LogP contribution in [0, 0.1) is 11.5 Å². The van der Waals surface area contributed by atoms with Gasteiger partial charge in [0.05, 0.1) is 5.56 Å². The Morgan fingerprint density at radius 1 is 1.03 bits per heavy atom. The molecule has 0 amide bonds. The third-order valence-corrected chi connectivity index (χ3v) is 10.1. The van der Waals surface area contributed by atoms with Gasteiger partial charge in [-0.05, 0) is 80.6 Å². The van der Waals surface area contributed by atoms with Crippen molar-refractivity contribution in [3.8, 4) is 11.5 Å². The van der Waals surface area contributed by atoms with E-state index in [1.54, 1.807) is 0 Å². The molecule has 1 N–H and O–H groups in total. The standard InChI is InChI=1S/C34H43N3OSi/c1-7-24-21-27-28(22-30(24)37-17-12-25(13-18-37)36-15-8-9-16-36)34(2,3)33-31(32(27)38)26-11-10-23(20-29(26)35-33)14-19-39(4,5)6/h10-11,20-22,25,35H,7-9,12-13,15-18H2,1-6H3. The van der Waals surface area contributed by atoms with Crippen molar-refractivity contribution >= 4 is 30.4 Å². The highest BCUT2D eigenvalue weighted by Crippen LogP contribution is 2.46. The molecule has 1 aliphatic carbocycles. The minimum atomic E-state index is -1.47. The molecule has 2 aliphatic heterocycles. The summed E-state index contributed by atoms with van der Waals surface area (Å²) < 4.78 is 0. The van der Waals surface area contributed by atoms with E-state index in [9.17, 15) is 4.79 Å². The minimum Gasteiger partial charge on any atom is -0.371 e. The van der Waals surface area contributed by atoms with Gasteiger partial charge in [-0.25, -0.2) is 0 Å². The van der Waals surface area contributed by atoms with Crippen molar-refractivity contribution < 1.29 is 4.79 Å². The zero-order chi connectivity index (χ0) is 27.5. The van der Waals surface area contributed by atoms with Crippen molar-refractivity contribution in [1.29, 1.82) is 0 Å². The maximum absolute atomic E-state index is 14.1. The molecule has 2 saturated heterocycles. The number of fused-ring (bicyclic) bond motifs is 4. The Kier molecular flexibility index (Phi) is 6.55. The number of carbonyl (C=O) groups excluding carboxylic acids is 1. The van der Waals surface area contributed by atoms with E-state index < -0.39 is 8.07 Å². The lowest BCUT2D eigenvalue weighted by Crippen LogP contribution is -2.44. The molecule has 204 valence electrons. The van der Waals surface area contributed by atoms with Gasteiger partial charge in [-0.3, -0.25) is 4.79 Å². The summed E-state index contributed by atoms with van der Waals surface area (Å²) in [5.74, 6) is 3.54. The third-order valence-electron chi connectivity index (χ3n) is 9.21. The van der Waals surface area contributed by atoms with Crippen LogP contribution in [0.2, 0.25) is 19.6 Å². The Bertz CT molecular complexity index is 1500. The first-order chi connectivity index (χ1) is 18.6. The predicted molar refractivity (Wildman–Crippen MR) is 166 cm³/mol. The number of hydrogen-bond donors (Lipinski definition) is 1. The van der Waals surface area contributed by atoms with Crippen LogP contribution in [0.4, 0.5) is 5.69 Å². The lowest BCUT2D eigenvalue weighted by molar-refractivity contribution is 0.103. The van der Waals surface area contributed by atoms with E-state index in [0.29, 0.717) is 0 Å². The van der Waals surface area contributed by atoms with Crippen LogP contribution in [0.15, 0.2) is 30.3 Å². The van der Waals surface area contributed by atoms with Crippen molar-refractivity contribution in [3.63, 3.8) is 0 Å². The van der Waals surface area contributed by atoms with Gasteiger partial charge >= 0.3 is 0 Å². The molecule has 0 bridgehead atoms. The number of aromatic amines is 1. The van der Waals surface area contributed by atoms with E-state index in [1.807, 2.05) is 0 Å². The van der Waals surface area contributed by atoms with Gasteiger partial charge in [-0.1, -0.05) is 52.4 Å². The maximum atomic E-state index is 14.1. The highest BCUT2D eigenvalue weighted by molar-refractivity contribution is 6.83. The highest BCUT2D eigenvalue weighted by atomic mass is 28.3. The van der Waals surface area contributed by atoms with Gasteiger partial charge in [0.15, 0.2) is 5.78 Å². The first kappa shape index (κ1) is 26.4. The van der Waals surface area contributed by atoms with Crippen molar-refractivity contribution in [2.24, 2.45) is 0 Å². The zero-order valence-electron chi connectivity index (χ0n) is 24.6. The smallest absolute Gasteiger partial charge is 0.195 e. The second kappa shape index (κ2) is 9.68. The molecule has 3 heterocycles. The number of aryl methyl sites for hydroxylation is 1. The molecule has 0 radical (unpaired) electrons. The molecule has 39 heavy (non-hydrogen) atoms. The molecular formula is C34H43N3OSi. The molecule has 3 aliphatic rings. The second-order valence-electron chi connectivity index (χ2n) is 13.4. The van der Waals surface area contributed by atoms with Crippen LogP contribution in [0.25, 0.3) is 10.9 Å². The van der Waals surface area contributed by atoms with Crippen molar-refractivity contribution in [2.45, 2.75) is 84.0 Å². The van der Waals surface area contributed by atoms with Crippen LogP contribution in [0.3, 0.4) is 0 Å². The number of likely N-dealkylation sites (tertiary alicyclic amines) is 1. The number of rotatable bonds is 3. The molecule has 0 unspecified atom stereocenters. The fraction of sp³-hybridized carbons (Fsp3) is 0.500. The van der Waals surface area contributed by atoms with Gasteiger partial charge in [0.1, 0.15) is 8.07 Å². The summed E-state index contributed by atoms with van der Waals surface area (Å²) in [4.78, 5) is 23.1. The molecule has 2 aromatic carbocycles. The van der Waals surface area contributed by atoms with Crippen molar-refractivity contribution in [2.75, 3.05) is 31.1 Å². The van der Waals surface area contributed by atoms with Gasteiger partial charge in [0.2, 0.25) is 0 Å². The molecule has 4 nitrogen and oxygen atoms in total. The summed E-state index contributed by atoms with van der Waals surface area (Å²) in [6.45, 7) is 18.3. The molecule has 3 aromatic rings. The average Bonchev–Trinajstić information content (AvgIpc) is 3.59. The zero-order valence-corrected chi connectivity index (χ0v) is 25.6. The topological polar surface area (TPSA) is 39.3 Å². The Labute approximate surface area is 235 Å². The highest BCUT2D eigenvalue weighted by Gasteiger charge is 2.40. The lowest BCUT2D eigenvalue weighted by atomic mass is 9.70. The van der Waals surface area contributed by atoms with Crippen molar-refractivity contribution in [1.82, 2.24) is 9.88 Å². The van der Waals surface area contributed by atoms with E-state index in [4.69, 9.17) is 0 Å². The normalized spacial score (nSPS) is 19.6. The first-order valence-electron chi connectivity index (χ1n) is 15.0. The number of benzene rings is 2. The van der Waals surface area contributed by atoms with E-state index >= 15 is 0 Å². The van der Waals surface area contributed by atoms with Crippen LogP contribution in [0.1, 0.15) is 84.8 Å². The van der Waals surface area contributed by atoms with E-state index in [0.717, 1.165) is 64.4 Å².